The fourth-order valence-electron chi connectivity index (χ4n) is 4.64. The molecular formula is C24H25AuClFN6O2P+. The second-order valence-electron chi connectivity index (χ2n) is 8.62. The Bertz CT molecular complexity index is 1220. The van der Waals surface area contributed by atoms with Crippen LogP contribution in [0.15, 0.2) is 36.7 Å². The number of benzene rings is 2. The van der Waals surface area contributed by atoms with Gasteiger partial charge in [-0.1, -0.05) is 11.6 Å². The van der Waals surface area contributed by atoms with Gasteiger partial charge in [-0.05, 0) is 24.3 Å². The van der Waals surface area contributed by atoms with Crippen molar-refractivity contribution in [3.63, 3.8) is 0 Å². The van der Waals surface area contributed by atoms with Gasteiger partial charge in [-0.25, -0.2) is 29.1 Å². The standard InChI is InChI=1S/C18H12ClFN3O2.C6H12N3P.Au/c1-3-6-25-17-8-12-15(9-16(17)24-2)21-10-22-18(12)23-11-4-5-14(20)13(19)7-11;1-7-2-9-3-8(1)5-10(4-7)6-9;/h4-5,7-10H,6H2,2H3,(H,21,22,23);1-6H2;/q-1;;+1/p+1. The Morgan fingerprint density at radius 1 is 1.08 bits per heavy atom. The van der Waals surface area contributed by atoms with Gasteiger partial charge in [-0.15, -0.1) is 0 Å². The second kappa shape index (κ2) is 12.0. The zero-order valence-corrected chi connectivity index (χ0v) is 23.4. The molecule has 0 spiro atoms. The van der Waals surface area contributed by atoms with Crippen LogP contribution in [0, 0.1) is 18.2 Å². The number of aromatic nitrogens is 2. The first-order valence-corrected chi connectivity index (χ1v) is 13.6. The first kappa shape index (κ1) is 27.1. The number of ether oxygens (including phenoxy) is 2. The predicted octanol–water partition coefficient (Wildman–Crippen LogP) is 4.03. The molecule has 192 valence electrons. The van der Waals surface area contributed by atoms with Gasteiger partial charge in [0, 0.05) is 25.1 Å². The number of fused-ring (bicyclic) bond motifs is 1. The summed E-state index contributed by atoms with van der Waals surface area (Å²) in [5.74, 6) is 3.08. The number of anilines is 2. The fraction of sp³-hybridized carbons (Fsp3) is 0.333. The van der Waals surface area contributed by atoms with E-state index in [9.17, 15) is 4.39 Å². The van der Waals surface area contributed by atoms with Crippen LogP contribution in [0.3, 0.4) is 0 Å². The molecule has 4 aliphatic rings. The molecular weight excluding hydrogens is 687 g/mol. The van der Waals surface area contributed by atoms with Crippen molar-refractivity contribution in [2.45, 2.75) is 0 Å². The maximum Gasteiger partial charge on any atom is 1.00 e. The van der Waals surface area contributed by atoms with E-state index in [4.69, 9.17) is 27.5 Å². The molecule has 0 unspecified atom stereocenters. The summed E-state index contributed by atoms with van der Waals surface area (Å²) in [6, 6.07) is 7.71. The SMILES string of the molecule is C1N2CN3CN1C[PH+](C2)C3.[Au+].[C-]#CCOc1cc2c(Nc3ccc(F)c(Cl)c3)ncnc2cc1OC. The van der Waals surface area contributed by atoms with E-state index in [0.717, 1.165) is 0 Å². The van der Waals surface area contributed by atoms with Crippen LogP contribution >= 0.6 is 19.5 Å². The number of rotatable bonds is 5. The van der Waals surface area contributed by atoms with Crippen LogP contribution in [0.25, 0.3) is 10.9 Å². The molecule has 4 aliphatic heterocycles. The van der Waals surface area contributed by atoms with Gasteiger partial charge in [0.25, 0.3) is 0 Å². The fourth-order valence-corrected chi connectivity index (χ4v) is 7.62. The first-order valence-electron chi connectivity index (χ1n) is 11.1. The molecule has 12 heteroatoms. The molecule has 3 aromatic rings. The Labute approximate surface area is 231 Å². The second-order valence-corrected chi connectivity index (χ2v) is 11.5. The summed E-state index contributed by atoms with van der Waals surface area (Å²) in [5.41, 5.74) is 1.21. The van der Waals surface area contributed by atoms with Crippen LogP contribution in [-0.4, -0.2) is 77.2 Å². The van der Waals surface area contributed by atoms with E-state index in [1.54, 1.807) is 18.2 Å². The summed E-state index contributed by atoms with van der Waals surface area (Å²) in [4.78, 5) is 16.2. The number of hydrogen-bond acceptors (Lipinski definition) is 8. The minimum Gasteiger partial charge on any atom is -0.690 e. The average molecular weight is 712 g/mol. The molecule has 4 saturated heterocycles. The molecule has 4 bridgehead atoms. The van der Waals surface area contributed by atoms with Crippen molar-refractivity contribution in [3.05, 3.63) is 53.9 Å². The molecule has 1 aromatic heterocycles. The third-order valence-corrected chi connectivity index (χ3v) is 8.92. The Morgan fingerprint density at radius 3 is 2.36 bits per heavy atom. The summed E-state index contributed by atoms with van der Waals surface area (Å²) >= 11 is 5.81. The molecule has 0 radical (unpaired) electrons. The average Bonchev–Trinajstić information content (AvgIpc) is 2.84. The van der Waals surface area contributed by atoms with E-state index in [-0.39, 0.29) is 41.9 Å². The molecule has 4 fully saturated rings. The van der Waals surface area contributed by atoms with Crippen LogP contribution in [0.2, 0.25) is 5.02 Å². The summed E-state index contributed by atoms with van der Waals surface area (Å²) < 4.78 is 24.0. The van der Waals surface area contributed by atoms with Gasteiger partial charge in [0.1, 0.15) is 43.4 Å². The molecule has 0 amide bonds. The van der Waals surface area contributed by atoms with E-state index in [2.05, 4.69) is 35.9 Å². The minimum atomic E-state index is -0.497. The van der Waals surface area contributed by atoms with Crippen molar-refractivity contribution in [3.8, 4) is 17.4 Å². The van der Waals surface area contributed by atoms with Crippen LogP contribution in [-0.2, 0) is 22.4 Å². The quantitative estimate of drug-likeness (QED) is 0.184. The van der Waals surface area contributed by atoms with Crippen LogP contribution < -0.4 is 14.8 Å². The Hall–Kier alpha value is -1.99. The third-order valence-electron chi connectivity index (χ3n) is 5.94. The molecule has 5 heterocycles. The van der Waals surface area contributed by atoms with Crippen LogP contribution in [0.4, 0.5) is 15.9 Å². The van der Waals surface area contributed by atoms with Gasteiger partial charge >= 0.3 is 22.4 Å². The van der Waals surface area contributed by atoms with Crippen molar-refractivity contribution in [1.29, 1.82) is 0 Å². The third kappa shape index (κ3) is 6.10. The number of halogens is 2. The molecule has 36 heavy (non-hydrogen) atoms. The Balaban J connectivity index is 0.000000227. The van der Waals surface area contributed by atoms with E-state index in [1.165, 1.54) is 64.4 Å². The van der Waals surface area contributed by atoms with Crippen molar-refractivity contribution in [2.75, 3.05) is 57.9 Å². The van der Waals surface area contributed by atoms with Gasteiger partial charge < -0.3 is 27.1 Å². The minimum absolute atomic E-state index is 0. The van der Waals surface area contributed by atoms with E-state index in [1.807, 2.05) is 0 Å². The van der Waals surface area contributed by atoms with E-state index < -0.39 is 5.82 Å². The van der Waals surface area contributed by atoms with Gasteiger partial charge in [-0.3, -0.25) is 0 Å². The number of methoxy groups -OCH3 is 1. The van der Waals surface area contributed by atoms with Crippen molar-refractivity contribution < 1.29 is 36.2 Å². The summed E-state index contributed by atoms with van der Waals surface area (Å²) in [6.07, 6.45) is 12.7. The number of hydrogen-bond donors (Lipinski definition) is 1. The largest absolute Gasteiger partial charge is 1.00 e. The normalized spacial score (nSPS) is 23.2. The number of nitrogens with one attached hydrogen (secondary N) is 1. The Morgan fingerprint density at radius 2 is 1.78 bits per heavy atom. The molecule has 0 saturated carbocycles. The van der Waals surface area contributed by atoms with Gasteiger partial charge in [0.15, 0.2) is 11.5 Å². The molecule has 1 N–H and O–H groups in total. The van der Waals surface area contributed by atoms with E-state index in [0.29, 0.717) is 33.9 Å². The Kier molecular flexibility index (Phi) is 9.05. The predicted molar refractivity (Wildman–Crippen MR) is 136 cm³/mol. The van der Waals surface area contributed by atoms with Crippen LogP contribution in [0.1, 0.15) is 0 Å². The molecule has 2 aromatic carbocycles. The maximum absolute atomic E-state index is 13.3. The zero-order chi connectivity index (χ0) is 24.4. The van der Waals surface area contributed by atoms with Gasteiger partial charge in [0.2, 0.25) is 0 Å². The summed E-state index contributed by atoms with van der Waals surface area (Å²) in [6.45, 7) is 3.76. The van der Waals surface area contributed by atoms with Gasteiger partial charge in [0.05, 0.1) is 37.7 Å². The van der Waals surface area contributed by atoms with Crippen molar-refractivity contribution >= 4 is 41.9 Å². The first-order chi connectivity index (χ1) is 17.0. The summed E-state index contributed by atoms with van der Waals surface area (Å²) in [7, 11) is 1.55. The van der Waals surface area contributed by atoms with E-state index >= 15 is 0 Å². The zero-order valence-electron chi connectivity index (χ0n) is 19.5. The van der Waals surface area contributed by atoms with Gasteiger partial charge in [-0.2, -0.15) is 0 Å². The molecule has 0 aliphatic carbocycles. The maximum atomic E-state index is 13.3. The smallest absolute Gasteiger partial charge is 0.690 e. The van der Waals surface area contributed by atoms with Crippen molar-refractivity contribution in [2.24, 2.45) is 0 Å². The number of nitrogens with zero attached hydrogens (tertiary/aromatic N) is 5. The monoisotopic (exact) mass is 711 g/mol. The molecule has 8 nitrogen and oxygen atoms in total. The molecule has 0 atom stereocenters. The van der Waals surface area contributed by atoms with Crippen LogP contribution in [0.5, 0.6) is 11.5 Å². The topological polar surface area (TPSA) is 66.0 Å². The molecule has 7 rings (SSSR count). The van der Waals surface area contributed by atoms with Crippen molar-refractivity contribution in [1.82, 2.24) is 24.7 Å². The summed E-state index contributed by atoms with van der Waals surface area (Å²) in [5, 5.41) is 3.76.